The Kier molecular flexibility index (Phi) is 9.60. The second kappa shape index (κ2) is 12.3. The lowest BCUT2D eigenvalue weighted by Crippen LogP contribution is -2.58. The van der Waals surface area contributed by atoms with Crippen LogP contribution in [0.4, 0.5) is 0 Å². The molecule has 208 valence electrons. The van der Waals surface area contributed by atoms with E-state index >= 15 is 0 Å². The Morgan fingerprint density at radius 2 is 1.00 bits per heavy atom. The molecule has 2 aromatic heterocycles. The Morgan fingerprint density at radius 1 is 0.632 bits per heavy atom. The van der Waals surface area contributed by atoms with E-state index in [1.807, 2.05) is 27.7 Å². The number of carbonyl (C=O) groups is 4. The molecule has 11 nitrogen and oxygen atoms in total. The molecule has 0 aromatic carbocycles. The maximum Gasteiger partial charge on any atom is 0.271 e. The van der Waals surface area contributed by atoms with E-state index in [0.717, 1.165) is 0 Å². The first-order chi connectivity index (χ1) is 17.8. The van der Waals surface area contributed by atoms with Gasteiger partial charge in [0.1, 0.15) is 33.5 Å². The average Bonchev–Trinajstić information content (AvgIpc) is 3.51. The van der Waals surface area contributed by atoms with Gasteiger partial charge >= 0.3 is 0 Å². The van der Waals surface area contributed by atoms with Gasteiger partial charge in [-0.2, -0.15) is 0 Å². The first kappa shape index (κ1) is 29.7. The highest BCUT2D eigenvalue weighted by atomic mass is 32.1. The fraction of sp³-hybridized carbons (Fsp3) is 0.600. The number of nitrogens with zero attached hydrogens (tertiary/aromatic N) is 2. The van der Waals surface area contributed by atoms with Crippen LogP contribution in [0, 0.1) is 17.8 Å². The van der Waals surface area contributed by atoms with Crippen LogP contribution in [0.5, 0.6) is 0 Å². The minimum atomic E-state index is -1.28. The zero-order valence-corrected chi connectivity index (χ0v) is 24.2. The molecule has 0 fully saturated rings. The van der Waals surface area contributed by atoms with Crippen LogP contribution in [0.1, 0.15) is 91.5 Å². The molecule has 3 heterocycles. The van der Waals surface area contributed by atoms with Crippen molar-refractivity contribution in [2.45, 2.75) is 78.7 Å². The van der Waals surface area contributed by atoms with Crippen LogP contribution >= 0.6 is 22.7 Å². The molecular weight excluding hydrogens is 528 g/mol. The molecule has 5 N–H and O–H groups in total. The van der Waals surface area contributed by atoms with E-state index in [9.17, 15) is 24.3 Å². The molecule has 38 heavy (non-hydrogen) atoms. The topological polar surface area (TPSA) is 162 Å². The number of aromatic nitrogens is 2. The van der Waals surface area contributed by atoms with E-state index in [4.69, 9.17) is 0 Å². The molecule has 1 aliphatic heterocycles. The second-order valence-electron chi connectivity index (χ2n) is 10.5. The van der Waals surface area contributed by atoms with Crippen molar-refractivity contribution < 1.29 is 24.3 Å². The van der Waals surface area contributed by atoms with Crippen molar-refractivity contribution >= 4 is 46.3 Å². The summed E-state index contributed by atoms with van der Waals surface area (Å²) in [6.45, 7) is 12.6. The molecule has 1 aliphatic rings. The van der Waals surface area contributed by atoms with Gasteiger partial charge in [0.2, 0.25) is 11.8 Å². The molecule has 0 aliphatic carbocycles. The van der Waals surface area contributed by atoms with Gasteiger partial charge in [-0.05, 0) is 24.7 Å². The lowest BCUT2D eigenvalue weighted by molar-refractivity contribution is -0.133. The van der Waals surface area contributed by atoms with Gasteiger partial charge in [0, 0.05) is 10.8 Å². The fourth-order valence-electron chi connectivity index (χ4n) is 3.95. The predicted octanol–water partition coefficient (Wildman–Crippen LogP) is 2.17. The number of hydrogen-bond acceptors (Lipinski definition) is 9. The van der Waals surface area contributed by atoms with E-state index in [2.05, 4.69) is 31.2 Å². The molecular formula is C25H36N6O5S2. The number of fused-ring (bicyclic) bond motifs is 4. The maximum atomic E-state index is 13.2. The van der Waals surface area contributed by atoms with Crippen molar-refractivity contribution in [3.8, 4) is 0 Å². The number of aliphatic hydroxyl groups excluding tert-OH is 1. The van der Waals surface area contributed by atoms with Gasteiger partial charge in [0.05, 0.1) is 18.2 Å². The Bertz CT molecular complexity index is 1170. The standard InChI is InChI=1S/C25H36N6O5S2/c1-10(2)16-22(35)31-19(13(7)32)23(36)30-18(12(5)6)25-27-15(9-38-25)21(34)29-17(11(3)4)24-26-14(8-37-24)20(33)28-16/h8-13,16-19,32H,1-7H3,(H,28,33)(H,29,34)(H,30,36)(H,31,35)/t13-,16-,17-,18-,19-/m0/s1. The first-order valence-corrected chi connectivity index (χ1v) is 14.4. The van der Waals surface area contributed by atoms with Crippen molar-refractivity contribution in [2.75, 3.05) is 0 Å². The predicted molar refractivity (Wildman–Crippen MR) is 145 cm³/mol. The molecule has 4 amide bonds. The first-order valence-electron chi connectivity index (χ1n) is 12.6. The van der Waals surface area contributed by atoms with Crippen molar-refractivity contribution in [1.82, 2.24) is 31.2 Å². The van der Waals surface area contributed by atoms with Crippen molar-refractivity contribution in [3.63, 3.8) is 0 Å². The van der Waals surface area contributed by atoms with E-state index in [1.54, 1.807) is 24.6 Å². The number of aliphatic hydroxyl groups is 1. The van der Waals surface area contributed by atoms with Crippen LogP contribution in [-0.2, 0) is 9.59 Å². The third-order valence-electron chi connectivity index (χ3n) is 6.26. The minimum absolute atomic E-state index is 0.0287. The lowest BCUT2D eigenvalue weighted by Gasteiger charge is -2.28. The SMILES string of the molecule is CC(C)[C@@H]1NC(=O)c2csc(n2)[C@H](C(C)C)NC(=O)c2csc(n2)[C@H](C(C)C)NC(=O)[C@H]([C@H](C)O)NC1=O. The molecule has 0 spiro atoms. The van der Waals surface area contributed by atoms with E-state index in [-0.39, 0.29) is 29.1 Å². The van der Waals surface area contributed by atoms with Crippen molar-refractivity contribution in [2.24, 2.45) is 17.8 Å². The largest absolute Gasteiger partial charge is 0.391 e. The highest BCUT2D eigenvalue weighted by molar-refractivity contribution is 7.10. The molecule has 4 bridgehead atoms. The minimum Gasteiger partial charge on any atom is -0.391 e. The Balaban J connectivity index is 2.07. The molecule has 0 saturated heterocycles. The summed E-state index contributed by atoms with van der Waals surface area (Å²) in [7, 11) is 0. The number of hydrogen-bond donors (Lipinski definition) is 5. The summed E-state index contributed by atoms with van der Waals surface area (Å²) < 4.78 is 0. The van der Waals surface area contributed by atoms with Gasteiger partial charge in [0.15, 0.2) is 0 Å². The summed E-state index contributed by atoms with van der Waals surface area (Å²) in [5.41, 5.74) is 0.316. The molecule has 5 atom stereocenters. The quantitative estimate of drug-likeness (QED) is 0.380. The van der Waals surface area contributed by atoms with Crippen molar-refractivity contribution in [1.29, 1.82) is 0 Å². The number of nitrogens with one attached hydrogen (secondary N) is 4. The molecule has 0 unspecified atom stereocenters. The second-order valence-corrected chi connectivity index (χ2v) is 12.3. The van der Waals surface area contributed by atoms with Gasteiger partial charge in [0.25, 0.3) is 11.8 Å². The highest BCUT2D eigenvalue weighted by Crippen LogP contribution is 2.28. The highest BCUT2D eigenvalue weighted by Gasteiger charge is 2.34. The molecule has 0 radical (unpaired) electrons. The van der Waals surface area contributed by atoms with Gasteiger partial charge in [-0.1, -0.05) is 41.5 Å². The van der Waals surface area contributed by atoms with Crippen LogP contribution in [0.2, 0.25) is 0 Å². The van der Waals surface area contributed by atoms with E-state index in [1.165, 1.54) is 29.6 Å². The van der Waals surface area contributed by atoms with Crippen LogP contribution in [0.15, 0.2) is 10.8 Å². The third-order valence-corrected chi connectivity index (χ3v) is 8.11. The van der Waals surface area contributed by atoms with Crippen LogP contribution in [0.3, 0.4) is 0 Å². The number of amides is 4. The van der Waals surface area contributed by atoms with Gasteiger partial charge in [-0.25, -0.2) is 9.97 Å². The number of rotatable bonds is 4. The number of thiazole rings is 2. The molecule has 0 saturated carbocycles. The van der Waals surface area contributed by atoms with Gasteiger partial charge in [-0.15, -0.1) is 22.7 Å². The van der Waals surface area contributed by atoms with Crippen LogP contribution in [0.25, 0.3) is 0 Å². The Labute approximate surface area is 230 Å². The monoisotopic (exact) mass is 564 g/mol. The van der Waals surface area contributed by atoms with Gasteiger partial charge < -0.3 is 26.4 Å². The molecule has 13 heteroatoms. The number of carbonyl (C=O) groups excluding carboxylic acids is 4. The lowest BCUT2D eigenvalue weighted by atomic mass is 10.0. The molecule has 3 rings (SSSR count). The third kappa shape index (κ3) is 6.75. The Hall–Kier alpha value is -2.90. The zero-order valence-electron chi connectivity index (χ0n) is 22.6. The Morgan fingerprint density at radius 3 is 1.42 bits per heavy atom. The maximum absolute atomic E-state index is 13.2. The summed E-state index contributed by atoms with van der Waals surface area (Å²) >= 11 is 2.48. The van der Waals surface area contributed by atoms with Crippen LogP contribution < -0.4 is 21.3 Å². The molecule has 2 aromatic rings. The van der Waals surface area contributed by atoms with Crippen molar-refractivity contribution in [3.05, 3.63) is 32.2 Å². The summed E-state index contributed by atoms with van der Waals surface area (Å²) in [5, 5.41) is 25.8. The van der Waals surface area contributed by atoms with E-state index < -0.39 is 53.9 Å². The zero-order chi connectivity index (χ0) is 28.3. The summed E-state index contributed by atoms with van der Waals surface area (Å²) in [4.78, 5) is 61.6. The normalized spacial score (nSPS) is 24.4. The smallest absolute Gasteiger partial charge is 0.271 e. The van der Waals surface area contributed by atoms with E-state index in [0.29, 0.717) is 10.0 Å². The summed E-state index contributed by atoms with van der Waals surface area (Å²) in [5.74, 6) is -2.60. The summed E-state index contributed by atoms with van der Waals surface area (Å²) in [6.07, 6.45) is -1.22. The average molecular weight is 565 g/mol. The van der Waals surface area contributed by atoms with Gasteiger partial charge in [-0.3, -0.25) is 19.2 Å². The van der Waals surface area contributed by atoms with Crippen LogP contribution in [-0.4, -0.2) is 56.9 Å². The summed E-state index contributed by atoms with van der Waals surface area (Å²) in [6, 6.07) is -3.28. The fourth-order valence-corrected chi connectivity index (χ4v) is 5.99.